The summed E-state index contributed by atoms with van der Waals surface area (Å²) in [5.74, 6) is -0.0785. The standard InChI is InChI=1S/C22H26ClN3O2/c1-13-7-8-15(10-17(13)12-23)19(22(3,4)21(27)28-6)18-11-16-9-14(2)24-25-20(16)26(18)5/h7-11,19H,12H2,1-6H3. The van der Waals surface area contributed by atoms with E-state index in [2.05, 4.69) is 34.5 Å². The molecule has 3 aromatic rings. The van der Waals surface area contributed by atoms with Gasteiger partial charge in [-0.3, -0.25) is 4.79 Å². The van der Waals surface area contributed by atoms with Crippen LogP contribution in [0.15, 0.2) is 30.3 Å². The van der Waals surface area contributed by atoms with Gasteiger partial charge in [0.15, 0.2) is 5.65 Å². The second-order valence-corrected chi connectivity index (χ2v) is 8.13. The number of methoxy groups -OCH3 is 1. The predicted molar refractivity (Wildman–Crippen MR) is 112 cm³/mol. The molecule has 3 rings (SSSR count). The Hall–Kier alpha value is -2.40. The maximum absolute atomic E-state index is 12.7. The van der Waals surface area contributed by atoms with Crippen LogP contribution in [-0.2, 0) is 22.5 Å². The van der Waals surface area contributed by atoms with Gasteiger partial charge in [0.05, 0.1) is 18.2 Å². The summed E-state index contributed by atoms with van der Waals surface area (Å²) < 4.78 is 7.16. The number of hydrogen-bond acceptors (Lipinski definition) is 4. The summed E-state index contributed by atoms with van der Waals surface area (Å²) in [4.78, 5) is 12.7. The molecule has 0 aliphatic rings. The molecule has 0 aliphatic heterocycles. The number of carbonyl (C=O) groups excluding carboxylic acids is 1. The molecule has 0 bridgehead atoms. The van der Waals surface area contributed by atoms with Gasteiger partial charge in [0.25, 0.3) is 0 Å². The maximum Gasteiger partial charge on any atom is 0.312 e. The third-order valence-electron chi connectivity index (χ3n) is 5.51. The van der Waals surface area contributed by atoms with E-state index in [1.807, 2.05) is 45.4 Å². The van der Waals surface area contributed by atoms with Crippen molar-refractivity contribution >= 4 is 28.6 Å². The molecule has 0 saturated heterocycles. The number of esters is 1. The molecule has 0 spiro atoms. The van der Waals surface area contributed by atoms with Crippen LogP contribution in [0, 0.1) is 19.3 Å². The first kappa shape index (κ1) is 20.3. The molecule has 0 saturated carbocycles. The largest absolute Gasteiger partial charge is 0.469 e. The number of ether oxygens (including phenoxy) is 1. The predicted octanol–water partition coefficient (Wildman–Crippen LogP) is 4.66. The van der Waals surface area contributed by atoms with Gasteiger partial charge in [-0.05, 0) is 56.5 Å². The van der Waals surface area contributed by atoms with Crippen molar-refractivity contribution in [1.82, 2.24) is 14.8 Å². The normalized spacial score (nSPS) is 13.0. The number of carbonyl (C=O) groups is 1. The van der Waals surface area contributed by atoms with Crippen molar-refractivity contribution in [2.24, 2.45) is 12.5 Å². The van der Waals surface area contributed by atoms with E-state index in [1.165, 1.54) is 7.11 Å². The summed E-state index contributed by atoms with van der Waals surface area (Å²) in [5.41, 5.74) is 5.04. The SMILES string of the molecule is COC(=O)C(C)(C)C(c1ccc(C)c(CCl)c1)c1cc2cc(C)nnc2n1C. The monoisotopic (exact) mass is 399 g/mol. The van der Waals surface area contributed by atoms with Crippen molar-refractivity contribution in [1.29, 1.82) is 0 Å². The van der Waals surface area contributed by atoms with Gasteiger partial charge < -0.3 is 9.30 Å². The smallest absolute Gasteiger partial charge is 0.312 e. The molecule has 0 fully saturated rings. The maximum atomic E-state index is 12.7. The molecule has 6 heteroatoms. The molecule has 0 radical (unpaired) electrons. The van der Waals surface area contributed by atoms with Crippen LogP contribution in [0.2, 0.25) is 0 Å². The molecule has 28 heavy (non-hydrogen) atoms. The van der Waals surface area contributed by atoms with Crippen molar-refractivity contribution in [2.75, 3.05) is 7.11 Å². The second kappa shape index (κ2) is 7.55. The number of halogens is 1. The van der Waals surface area contributed by atoms with Gasteiger partial charge in [-0.1, -0.05) is 18.2 Å². The van der Waals surface area contributed by atoms with Crippen LogP contribution in [0.3, 0.4) is 0 Å². The Morgan fingerprint density at radius 1 is 1.21 bits per heavy atom. The zero-order valence-electron chi connectivity index (χ0n) is 17.2. The molecule has 1 unspecified atom stereocenters. The number of fused-ring (bicyclic) bond motifs is 1. The first-order chi connectivity index (χ1) is 13.2. The third kappa shape index (κ3) is 3.39. The highest BCUT2D eigenvalue weighted by Gasteiger charge is 2.41. The van der Waals surface area contributed by atoms with Gasteiger partial charge in [-0.2, -0.15) is 5.10 Å². The minimum absolute atomic E-state index is 0.234. The van der Waals surface area contributed by atoms with Crippen LogP contribution in [0.4, 0.5) is 0 Å². The highest BCUT2D eigenvalue weighted by molar-refractivity contribution is 6.17. The quantitative estimate of drug-likeness (QED) is 0.462. The number of alkyl halides is 1. The van der Waals surface area contributed by atoms with Crippen molar-refractivity contribution < 1.29 is 9.53 Å². The van der Waals surface area contributed by atoms with Crippen LogP contribution in [0.1, 0.15) is 47.8 Å². The van der Waals surface area contributed by atoms with E-state index in [9.17, 15) is 4.79 Å². The average molecular weight is 400 g/mol. The summed E-state index contributed by atoms with van der Waals surface area (Å²) in [6, 6.07) is 10.3. The molecular formula is C22H26ClN3O2. The Morgan fingerprint density at radius 2 is 1.93 bits per heavy atom. The zero-order chi connectivity index (χ0) is 20.6. The molecule has 2 heterocycles. The Kier molecular flexibility index (Phi) is 5.48. The van der Waals surface area contributed by atoms with Crippen LogP contribution in [0.5, 0.6) is 0 Å². The minimum atomic E-state index is -0.793. The van der Waals surface area contributed by atoms with Gasteiger partial charge in [0.1, 0.15) is 0 Å². The van der Waals surface area contributed by atoms with Crippen molar-refractivity contribution in [3.63, 3.8) is 0 Å². The van der Waals surface area contributed by atoms with Crippen molar-refractivity contribution in [3.05, 3.63) is 58.4 Å². The number of aryl methyl sites for hydroxylation is 3. The fourth-order valence-corrected chi connectivity index (χ4v) is 4.17. The summed E-state index contributed by atoms with van der Waals surface area (Å²) in [6.07, 6.45) is 0. The molecule has 0 N–H and O–H groups in total. The Balaban J connectivity index is 2.28. The first-order valence-corrected chi connectivity index (χ1v) is 9.77. The fourth-order valence-electron chi connectivity index (χ4n) is 3.88. The number of nitrogens with zero attached hydrogens (tertiary/aromatic N) is 3. The number of benzene rings is 1. The van der Waals surface area contributed by atoms with Gasteiger partial charge in [-0.25, -0.2) is 0 Å². The summed E-state index contributed by atoms with van der Waals surface area (Å²) in [6.45, 7) is 7.79. The lowest BCUT2D eigenvalue weighted by Gasteiger charge is -2.33. The Labute approximate surface area is 170 Å². The second-order valence-electron chi connectivity index (χ2n) is 7.86. The van der Waals surface area contributed by atoms with E-state index in [0.29, 0.717) is 5.88 Å². The van der Waals surface area contributed by atoms with Crippen LogP contribution in [0.25, 0.3) is 11.0 Å². The van der Waals surface area contributed by atoms with Crippen LogP contribution >= 0.6 is 11.6 Å². The summed E-state index contributed by atoms with van der Waals surface area (Å²) in [7, 11) is 3.38. The Morgan fingerprint density at radius 3 is 2.57 bits per heavy atom. The molecule has 1 atom stereocenters. The zero-order valence-corrected chi connectivity index (χ0v) is 18.0. The summed E-state index contributed by atoms with van der Waals surface area (Å²) >= 11 is 6.16. The van der Waals surface area contributed by atoms with Gasteiger partial charge in [0, 0.05) is 29.9 Å². The number of hydrogen-bond donors (Lipinski definition) is 0. The highest BCUT2D eigenvalue weighted by atomic mass is 35.5. The fraction of sp³-hybridized carbons (Fsp3) is 0.409. The van der Waals surface area contributed by atoms with Crippen LogP contribution < -0.4 is 0 Å². The molecule has 0 aliphatic carbocycles. The van der Waals surface area contributed by atoms with Crippen molar-refractivity contribution in [2.45, 2.75) is 39.5 Å². The molecule has 0 amide bonds. The van der Waals surface area contributed by atoms with E-state index in [-0.39, 0.29) is 11.9 Å². The van der Waals surface area contributed by atoms with Crippen molar-refractivity contribution in [3.8, 4) is 0 Å². The van der Waals surface area contributed by atoms with Gasteiger partial charge in [-0.15, -0.1) is 16.7 Å². The molecule has 5 nitrogen and oxygen atoms in total. The number of aromatic nitrogens is 3. The highest BCUT2D eigenvalue weighted by Crippen LogP contribution is 2.43. The van der Waals surface area contributed by atoms with Crippen LogP contribution in [-0.4, -0.2) is 27.8 Å². The van der Waals surface area contributed by atoms with Gasteiger partial charge >= 0.3 is 5.97 Å². The van der Waals surface area contributed by atoms with E-state index in [0.717, 1.165) is 39.1 Å². The molecule has 1 aromatic carbocycles. The first-order valence-electron chi connectivity index (χ1n) is 9.24. The van der Waals surface area contributed by atoms with E-state index in [4.69, 9.17) is 16.3 Å². The topological polar surface area (TPSA) is 57.0 Å². The van der Waals surface area contributed by atoms with Gasteiger partial charge in [0.2, 0.25) is 0 Å². The molecular weight excluding hydrogens is 374 g/mol. The van der Waals surface area contributed by atoms with E-state index >= 15 is 0 Å². The van der Waals surface area contributed by atoms with E-state index in [1.54, 1.807) is 0 Å². The third-order valence-corrected chi connectivity index (χ3v) is 5.80. The number of rotatable bonds is 5. The molecule has 148 valence electrons. The van der Waals surface area contributed by atoms with E-state index < -0.39 is 5.41 Å². The minimum Gasteiger partial charge on any atom is -0.469 e. The average Bonchev–Trinajstić information content (AvgIpc) is 2.97. The lowest BCUT2D eigenvalue weighted by atomic mass is 9.72. The summed E-state index contributed by atoms with van der Waals surface area (Å²) in [5, 5.41) is 9.53. The molecule has 2 aromatic heterocycles. The lowest BCUT2D eigenvalue weighted by molar-refractivity contribution is -0.151. The Bertz CT molecular complexity index is 1040. The lowest BCUT2D eigenvalue weighted by Crippen LogP contribution is -2.34.